The Morgan fingerprint density at radius 2 is 0.861 bits per heavy atom. The first kappa shape index (κ1) is 21.3. The van der Waals surface area contributed by atoms with E-state index in [1.54, 1.807) is 0 Å². The predicted molar refractivity (Wildman–Crippen MR) is 147 cm³/mol. The summed E-state index contributed by atoms with van der Waals surface area (Å²) in [6.07, 6.45) is 0. The molecule has 36 heavy (non-hydrogen) atoms. The van der Waals surface area contributed by atoms with Crippen LogP contribution in [0.25, 0.3) is 43.8 Å². The third-order valence-electron chi connectivity index (χ3n) is 8.11. The van der Waals surface area contributed by atoms with Crippen molar-refractivity contribution in [3.8, 4) is 22.3 Å². The van der Waals surface area contributed by atoms with Gasteiger partial charge >= 0.3 is 0 Å². The average molecular weight is 467 g/mol. The molecule has 2 heteroatoms. The maximum atomic E-state index is 13.9. The van der Waals surface area contributed by atoms with Crippen molar-refractivity contribution in [3.63, 3.8) is 0 Å². The van der Waals surface area contributed by atoms with Crippen molar-refractivity contribution in [1.82, 2.24) is 0 Å². The second-order valence-electron chi connectivity index (χ2n) is 10.8. The zero-order valence-electron chi connectivity index (χ0n) is 20.9. The number of rotatable bonds is 2. The molecule has 0 amide bonds. The highest BCUT2D eigenvalue weighted by Crippen LogP contribution is 2.52. The van der Waals surface area contributed by atoms with E-state index in [1.165, 1.54) is 0 Å². The maximum absolute atomic E-state index is 13.9. The minimum Gasteiger partial charge on any atom is -0.289 e. The topological polar surface area (TPSA) is 34.1 Å². The van der Waals surface area contributed by atoms with E-state index in [4.69, 9.17) is 0 Å². The summed E-state index contributed by atoms with van der Waals surface area (Å²) < 4.78 is 0. The number of ketones is 2. The molecule has 5 aromatic rings. The number of fused-ring (bicyclic) bond motifs is 7. The zero-order valence-corrected chi connectivity index (χ0v) is 20.9. The molecule has 0 heterocycles. The van der Waals surface area contributed by atoms with Crippen LogP contribution in [0.5, 0.6) is 0 Å². The summed E-state index contributed by atoms with van der Waals surface area (Å²) in [6.45, 7) is 8.60. The van der Waals surface area contributed by atoms with E-state index in [0.29, 0.717) is 23.0 Å². The van der Waals surface area contributed by atoms with E-state index < -0.39 is 0 Å². The van der Waals surface area contributed by atoms with Gasteiger partial charge in [0, 0.05) is 33.0 Å². The Balaban J connectivity index is 1.70. The maximum Gasteiger partial charge on any atom is 0.194 e. The molecule has 0 bridgehead atoms. The predicted octanol–water partition coefficient (Wildman–Crippen LogP) is 8.66. The SMILES string of the molecule is CC(C)c1ccc2c(c1)C(=O)c1ccc3c4c(c5ccccc5c-2c14)-c1ccc(C(C)C)cc1C3=O. The molecule has 0 saturated heterocycles. The summed E-state index contributed by atoms with van der Waals surface area (Å²) in [4.78, 5) is 27.8. The molecule has 0 aromatic heterocycles. The second kappa shape index (κ2) is 7.24. The third-order valence-corrected chi connectivity index (χ3v) is 8.11. The monoisotopic (exact) mass is 466 g/mol. The molecular formula is C34H26O2. The zero-order chi connectivity index (χ0) is 24.9. The van der Waals surface area contributed by atoms with E-state index in [9.17, 15) is 9.59 Å². The molecule has 2 aliphatic carbocycles. The summed E-state index contributed by atoms with van der Waals surface area (Å²) in [7, 11) is 0. The molecule has 0 unspecified atom stereocenters. The molecular weight excluding hydrogens is 440 g/mol. The largest absolute Gasteiger partial charge is 0.289 e. The van der Waals surface area contributed by atoms with Gasteiger partial charge in [-0.3, -0.25) is 9.59 Å². The van der Waals surface area contributed by atoms with Gasteiger partial charge in [0.1, 0.15) is 0 Å². The molecule has 0 radical (unpaired) electrons. The number of carbonyl (C=O) groups excluding carboxylic acids is 2. The Kier molecular flexibility index (Phi) is 4.27. The van der Waals surface area contributed by atoms with Gasteiger partial charge in [0.15, 0.2) is 11.6 Å². The van der Waals surface area contributed by atoms with Gasteiger partial charge in [0.05, 0.1) is 0 Å². The van der Waals surface area contributed by atoms with Crippen molar-refractivity contribution in [2.24, 2.45) is 0 Å². The lowest BCUT2D eigenvalue weighted by Gasteiger charge is -2.29. The normalized spacial score (nSPS) is 13.6. The van der Waals surface area contributed by atoms with Crippen molar-refractivity contribution in [2.45, 2.75) is 39.5 Å². The number of hydrogen-bond acceptors (Lipinski definition) is 2. The Labute approximate surface area is 210 Å². The van der Waals surface area contributed by atoms with Gasteiger partial charge in [0.2, 0.25) is 0 Å². The molecule has 5 aromatic carbocycles. The van der Waals surface area contributed by atoms with Gasteiger partial charge < -0.3 is 0 Å². The highest BCUT2D eigenvalue weighted by molar-refractivity contribution is 6.38. The number of hydrogen-bond donors (Lipinski definition) is 0. The molecule has 174 valence electrons. The van der Waals surface area contributed by atoms with E-state index in [2.05, 4.69) is 88.4 Å². The first-order valence-electron chi connectivity index (χ1n) is 12.8. The molecule has 0 atom stereocenters. The first-order valence-corrected chi connectivity index (χ1v) is 12.8. The lowest BCUT2D eigenvalue weighted by molar-refractivity contribution is 0.102. The Bertz CT molecular complexity index is 1680. The van der Waals surface area contributed by atoms with E-state index >= 15 is 0 Å². The van der Waals surface area contributed by atoms with Crippen LogP contribution in [-0.4, -0.2) is 11.6 Å². The van der Waals surface area contributed by atoms with Crippen LogP contribution in [0.2, 0.25) is 0 Å². The summed E-state index contributed by atoms with van der Waals surface area (Å²) in [5, 5.41) is 4.08. The highest BCUT2D eigenvalue weighted by atomic mass is 16.1. The molecule has 0 saturated carbocycles. The lowest BCUT2D eigenvalue weighted by atomic mass is 9.72. The summed E-state index contributed by atoms with van der Waals surface area (Å²) in [5.41, 5.74) is 9.28. The first-order chi connectivity index (χ1) is 17.4. The highest BCUT2D eigenvalue weighted by Gasteiger charge is 2.34. The second-order valence-corrected chi connectivity index (χ2v) is 10.8. The van der Waals surface area contributed by atoms with Gasteiger partial charge in [0.25, 0.3) is 0 Å². The third kappa shape index (κ3) is 2.62. The van der Waals surface area contributed by atoms with E-state index in [0.717, 1.165) is 66.1 Å². The fraction of sp³-hybridized carbons (Fsp3) is 0.176. The van der Waals surface area contributed by atoms with Gasteiger partial charge in [-0.15, -0.1) is 0 Å². The minimum atomic E-state index is 0.0428. The van der Waals surface area contributed by atoms with Gasteiger partial charge in [-0.2, -0.15) is 0 Å². The molecule has 2 nitrogen and oxygen atoms in total. The van der Waals surface area contributed by atoms with Crippen LogP contribution >= 0.6 is 0 Å². The van der Waals surface area contributed by atoms with Crippen LogP contribution in [0.3, 0.4) is 0 Å². The molecule has 2 aliphatic rings. The number of carbonyl (C=O) groups is 2. The molecule has 0 fully saturated rings. The fourth-order valence-electron chi connectivity index (χ4n) is 6.19. The summed E-state index contributed by atoms with van der Waals surface area (Å²) in [6, 6.07) is 24.8. The fourth-order valence-corrected chi connectivity index (χ4v) is 6.19. The minimum absolute atomic E-state index is 0.0428. The summed E-state index contributed by atoms with van der Waals surface area (Å²) >= 11 is 0. The Hall–Kier alpha value is -4.04. The van der Waals surface area contributed by atoms with Crippen LogP contribution in [0.15, 0.2) is 72.8 Å². The number of benzene rings is 5. The van der Waals surface area contributed by atoms with Gasteiger partial charge in [-0.1, -0.05) is 76.2 Å². The molecule has 7 rings (SSSR count). The van der Waals surface area contributed by atoms with Crippen molar-refractivity contribution >= 4 is 33.1 Å². The van der Waals surface area contributed by atoms with Crippen molar-refractivity contribution < 1.29 is 9.59 Å². The van der Waals surface area contributed by atoms with E-state index in [-0.39, 0.29) is 11.6 Å². The average Bonchev–Trinajstić information content (AvgIpc) is 2.89. The van der Waals surface area contributed by atoms with Crippen LogP contribution in [0, 0.1) is 0 Å². The van der Waals surface area contributed by atoms with Crippen LogP contribution in [0.4, 0.5) is 0 Å². The van der Waals surface area contributed by atoms with Crippen LogP contribution in [0.1, 0.15) is 82.5 Å². The molecule has 0 N–H and O–H groups in total. The van der Waals surface area contributed by atoms with Crippen LogP contribution < -0.4 is 0 Å². The lowest BCUT2D eigenvalue weighted by Crippen LogP contribution is -2.16. The standard InChI is InChI=1S/C34H26O2/c1-17(2)19-9-11-23-27(15-19)33(35)25-13-14-26-32-30(22-8-6-5-7-21(22)29(23)31(25)32)24-12-10-20(18(3)4)16-28(24)34(26)36/h5-18H,1-4H3. The molecule has 0 aliphatic heterocycles. The van der Waals surface area contributed by atoms with Crippen molar-refractivity contribution in [3.05, 3.63) is 106 Å². The van der Waals surface area contributed by atoms with Gasteiger partial charge in [-0.05, 0) is 80.3 Å². The smallest absolute Gasteiger partial charge is 0.194 e. The van der Waals surface area contributed by atoms with Crippen molar-refractivity contribution in [1.29, 1.82) is 0 Å². The summed E-state index contributed by atoms with van der Waals surface area (Å²) in [5.74, 6) is 0.755. The van der Waals surface area contributed by atoms with Crippen molar-refractivity contribution in [2.75, 3.05) is 0 Å². The Morgan fingerprint density at radius 3 is 1.25 bits per heavy atom. The van der Waals surface area contributed by atoms with Crippen LogP contribution in [-0.2, 0) is 0 Å². The van der Waals surface area contributed by atoms with Gasteiger partial charge in [-0.25, -0.2) is 0 Å². The Morgan fingerprint density at radius 1 is 0.472 bits per heavy atom. The molecule has 0 spiro atoms. The van der Waals surface area contributed by atoms with E-state index in [1.807, 2.05) is 12.1 Å². The quantitative estimate of drug-likeness (QED) is 0.239.